The summed E-state index contributed by atoms with van der Waals surface area (Å²) in [5.41, 5.74) is 0.976. The van der Waals surface area contributed by atoms with Crippen LogP contribution in [0.3, 0.4) is 0 Å². The van der Waals surface area contributed by atoms with E-state index in [1.54, 1.807) is 18.3 Å². The van der Waals surface area contributed by atoms with Gasteiger partial charge >= 0.3 is 0 Å². The Morgan fingerprint density at radius 1 is 1.23 bits per heavy atom. The molecule has 7 heteroatoms. The average molecular weight is 371 g/mol. The summed E-state index contributed by atoms with van der Waals surface area (Å²) in [6, 6.07) is 6.22. The van der Waals surface area contributed by atoms with Crippen molar-refractivity contribution in [2.24, 2.45) is 5.41 Å². The van der Waals surface area contributed by atoms with E-state index in [1.165, 1.54) is 23.9 Å². The third-order valence-corrected chi connectivity index (χ3v) is 5.84. The second-order valence-corrected chi connectivity index (χ2v) is 8.13. The third kappa shape index (κ3) is 2.77. The predicted octanol–water partition coefficient (Wildman–Crippen LogP) is 3.81. The molecule has 0 unspecified atom stereocenters. The van der Waals surface area contributed by atoms with Crippen molar-refractivity contribution in [3.05, 3.63) is 46.6 Å². The highest BCUT2D eigenvalue weighted by molar-refractivity contribution is 7.99. The Morgan fingerprint density at radius 2 is 2.04 bits per heavy atom. The van der Waals surface area contributed by atoms with Gasteiger partial charge in [0.25, 0.3) is 5.56 Å². The number of hydrogen-bond donors (Lipinski definition) is 3. The Balaban J connectivity index is 2.00. The molecule has 2 aromatic carbocycles. The molecule has 0 aliphatic carbocycles. The summed E-state index contributed by atoms with van der Waals surface area (Å²) >= 11 is 1.52. The second kappa shape index (κ2) is 6.10. The molecule has 4 rings (SSSR count). The van der Waals surface area contributed by atoms with E-state index in [9.17, 15) is 14.3 Å². The molecule has 0 radical (unpaired) electrons. The van der Waals surface area contributed by atoms with Crippen molar-refractivity contribution in [3.8, 4) is 0 Å². The number of hydrogen-bond acceptors (Lipinski definition) is 4. The summed E-state index contributed by atoms with van der Waals surface area (Å²) in [6.07, 6.45) is 1.58. The molecule has 134 valence electrons. The van der Waals surface area contributed by atoms with Gasteiger partial charge in [-0.3, -0.25) is 4.79 Å². The highest BCUT2D eigenvalue weighted by Gasteiger charge is 2.19. The number of nitrogens with zero attached hydrogens (tertiary/aromatic N) is 1. The maximum absolute atomic E-state index is 13.8. The van der Waals surface area contributed by atoms with E-state index in [0.717, 1.165) is 10.9 Å². The Morgan fingerprint density at radius 3 is 2.81 bits per heavy atom. The monoisotopic (exact) mass is 371 g/mol. The molecule has 0 aliphatic rings. The zero-order valence-corrected chi connectivity index (χ0v) is 15.2. The van der Waals surface area contributed by atoms with Gasteiger partial charge in [0.1, 0.15) is 5.82 Å². The van der Waals surface area contributed by atoms with Crippen molar-refractivity contribution < 1.29 is 9.50 Å². The van der Waals surface area contributed by atoms with Crippen molar-refractivity contribution >= 4 is 44.3 Å². The predicted molar refractivity (Wildman–Crippen MR) is 103 cm³/mol. The Kier molecular flexibility index (Phi) is 4.00. The molecule has 0 bridgehead atoms. The molecule has 0 fully saturated rings. The number of aromatic nitrogens is 3. The number of halogens is 1. The first kappa shape index (κ1) is 17.1. The summed E-state index contributed by atoms with van der Waals surface area (Å²) in [4.78, 5) is 23.0. The van der Waals surface area contributed by atoms with Gasteiger partial charge in [-0.05, 0) is 29.7 Å². The van der Waals surface area contributed by atoms with Gasteiger partial charge in [0.05, 0.1) is 16.4 Å². The lowest BCUT2D eigenvalue weighted by atomic mass is 9.98. The first-order chi connectivity index (χ1) is 12.4. The summed E-state index contributed by atoms with van der Waals surface area (Å²) in [5.74, 6) is 0.300. The van der Waals surface area contributed by atoms with Crippen LogP contribution >= 0.6 is 11.8 Å². The molecule has 26 heavy (non-hydrogen) atoms. The van der Waals surface area contributed by atoms with E-state index < -0.39 is 0 Å². The van der Waals surface area contributed by atoms with Crippen molar-refractivity contribution in [3.63, 3.8) is 0 Å². The van der Waals surface area contributed by atoms with Gasteiger partial charge in [-0.15, -0.1) is 0 Å². The van der Waals surface area contributed by atoms with Gasteiger partial charge in [-0.25, -0.2) is 9.37 Å². The number of rotatable bonds is 4. The first-order valence-electron chi connectivity index (χ1n) is 8.26. The standard InChI is InChI=1S/C19H18FN3O2S/c1-19(2,8-24)9-26-18-22-15-11-4-3-10(20)7-13(11)14-12(16(15)23-18)5-6-21-17(14)25/h3-7,24H,8-9H2,1-2H3,(H,21,25)(H,22,23). The zero-order chi connectivity index (χ0) is 18.5. The Hall–Kier alpha value is -2.38. The van der Waals surface area contributed by atoms with Crippen molar-refractivity contribution in [2.75, 3.05) is 12.4 Å². The molecule has 5 nitrogen and oxygen atoms in total. The highest BCUT2D eigenvalue weighted by atomic mass is 32.2. The van der Waals surface area contributed by atoms with Crippen LogP contribution in [0.25, 0.3) is 32.6 Å². The molecule has 0 atom stereocenters. The molecule has 0 saturated heterocycles. The molecule has 2 aromatic heterocycles. The average Bonchev–Trinajstić information content (AvgIpc) is 3.05. The molecular weight excluding hydrogens is 353 g/mol. The van der Waals surface area contributed by atoms with Crippen LogP contribution in [0.5, 0.6) is 0 Å². The lowest BCUT2D eigenvalue weighted by Crippen LogP contribution is -2.19. The van der Waals surface area contributed by atoms with E-state index in [1.807, 2.05) is 13.8 Å². The second-order valence-electron chi connectivity index (χ2n) is 7.16. The summed E-state index contributed by atoms with van der Waals surface area (Å²) < 4.78 is 13.8. The Bertz CT molecular complexity index is 1200. The number of imidazole rings is 1. The number of aromatic amines is 2. The lowest BCUT2D eigenvalue weighted by molar-refractivity contribution is 0.180. The van der Waals surface area contributed by atoms with Gasteiger partial charge < -0.3 is 15.1 Å². The number of benzene rings is 2. The molecule has 0 saturated carbocycles. The van der Waals surface area contributed by atoms with Gasteiger partial charge in [-0.1, -0.05) is 25.6 Å². The fourth-order valence-corrected chi connectivity index (χ4v) is 3.95. The van der Waals surface area contributed by atoms with E-state index in [0.29, 0.717) is 32.6 Å². The van der Waals surface area contributed by atoms with E-state index in [2.05, 4.69) is 15.0 Å². The van der Waals surface area contributed by atoms with Crippen LogP contribution < -0.4 is 5.56 Å². The first-order valence-corrected chi connectivity index (χ1v) is 9.24. The maximum Gasteiger partial charge on any atom is 0.256 e. The van der Waals surface area contributed by atoms with Crippen LogP contribution in [-0.2, 0) is 0 Å². The molecule has 4 aromatic rings. The fourth-order valence-electron chi connectivity index (χ4n) is 3.00. The normalized spacial score (nSPS) is 12.5. The van der Waals surface area contributed by atoms with Gasteiger partial charge in [-0.2, -0.15) is 0 Å². The summed E-state index contributed by atoms with van der Waals surface area (Å²) in [5, 5.41) is 12.6. The lowest BCUT2D eigenvalue weighted by Gasteiger charge is -2.19. The van der Waals surface area contributed by atoms with Crippen molar-refractivity contribution in [2.45, 2.75) is 19.0 Å². The number of aliphatic hydroxyl groups excluding tert-OH is 1. The van der Waals surface area contributed by atoms with Crippen molar-refractivity contribution in [1.29, 1.82) is 0 Å². The topological polar surface area (TPSA) is 81.8 Å². The third-order valence-electron chi connectivity index (χ3n) is 4.45. The minimum absolute atomic E-state index is 0.0841. The van der Waals surface area contributed by atoms with Crippen LogP contribution in [0, 0.1) is 11.2 Å². The molecule has 0 aliphatic heterocycles. The zero-order valence-electron chi connectivity index (χ0n) is 14.4. The number of thioether (sulfide) groups is 1. The summed E-state index contributed by atoms with van der Waals surface area (Å²) in [6.45, 7) is 4.05. The van der Waals surface area contributed by atoms with Gasteiger partial charge in [0, 0.05) is 34.7 Å². The van der Waals surface area contributed by atoms with Crippen LogP contribution in [0.15, 0.2) is 40.4 Å². The van der Waals surface area contributed by atoms with E-state index in [4.69, 9.17) is 0 Å². The number of aliphatic hydroxyl groups is 1. The highest BCUT2D eigenvalue weighted by Crippen LogP contribution is 2.35. The van der Waals surface area contributed by atoms with Crippen LogP contribution in [-0.4, -0.2) is 32.4 Å². The van der Waals surface area contributed by atoms with Crippen LogP contribution in [0.1, 0.15) is 13.8 Å². The summed E-state index contributed by atoms with van der Waals surface area (Å²) in [7, 11) is 0. The van der Waals surface area contributed by atoms with Gasteiger partial charge in [0.15, 0.2) is 5.16 Å². The van der Waals surface area contributed by atoms with Gasteiger partial charge in [0.2, 0.25) is 0 Å². The van der Waals surface area contributed by atoms with E-state index >= 15 is 0 Å². The number of H-pyrrole nitrogens is 2. The molecule has 2 heterocycles. The number of pyridine rings is 1. The van der Waals surface area contributed by atoms with Crippen LogP contribution in [0.2, 0.25) is 0 Å². The van der Waals surface area contributed by atoms with Crippen molar-refractivity contribution in [1.82, 2.24) is 15.0 Å². The molecule has 0 spiro atoms. The van der Waals surface area contributed by atoms with Crippen LogP contribution in [0.4, 0.5) is 4.39 Å². The maximum atomic E-state index is 13.8. The quantitative estimate of drug-likeness (QED) is 0.376. The minimum Gasteiger partial charge on any atom is -0.396 e. The molecule has 0 amide bonds. The van der Waals surface area contributed by atoms with E-state index in [-0.39, 0.29) is 23.4 Å². The molecular formula is C19H18FN3O2S. The number of fused-ring (bicyclic) bond motifs is 6. The fraction of sp³-hybridized carbons (Fsp3) is 0.263. The minimum atomic E-state index is -0.389. The number of nitrogens with one attached hydrogen (secondary N) is 2. The SMILES string of the molecule is CC(C)(CO)CSc1nc2c3cc[nH]c(=O)c3c3cc(F)ccc3c2[nH]1. The molecule has 3 N–H and O–H groups in total. The Labute approximate surface area is 152 Å². The largest absolute Gasteiger partial charge is 0.396 e. The smallest absolute Gasteiger partial charge is 0.256 e.